The van der Waals surface area contributed by atoms with Crippen molar-refractivity contribution in [2.24, 2.45) is 5.41 Å². The number of benzene rings is 1. The van der Waals surface area contributed by atoms with Gasteiger partial charge >= 0.3 is 0 Å². The molecule has 1 nitrogen and oxygen atoms in total. The lowest BCUT2D eigenvalue weighted by atomic mass is 9.67. The van der Waals surface area contributed by atoms with Crippen LogP contribution in [0.1, 0.15) is 38.2 Å². The summed E-state index contributed by atoms with van der Waals surface area (Å²) in [5, 5.41) is 3.26. The van der Waals surface area contributed by atoms with Crippen LogP contribution in [0.5, 0.6) is 0 Å². The van der Waals surface area contributed by atoms with E-state index in [4.69, 9.17) is 0 Å². The third-order valence-electron chi connectivity index (χ3n) is 3.99. The second-order valence-corrected chi connectivity index (χ2v) is 5.05. The highest BCUT2D eigenvalue weighted by Crippen LogP contribution is 2.43. The van der Waals surface area contributed by atoms with Gasteiger partial charge in [0.15, 0.2) is 0 Å². The predicted molar refractivity (Wildman–Crippen MR) is 64.6 cm³/mol. The maximum absolute atomic E-state index is 13.4. The zero-order valence-electron chi connectivity index (χ0n) is 10.2. The van der Waals surface area contributed by atoms with Gasteiger partial charge in [0.25, 0.3) is 0 Å². The first kappa shape index (κ1) is 12.5. The van der Waals surface area contributed by atoms with Gasteiger partial charge in [0.1, 0.15) is 11.6 Å². The first-order chi connectivity index (χ1) is 8.15. The van der Waals surface area contributed by atoms with E-state index >= 15 is 0 Å². The third-order valence-corrected chi connectivity index (χ3v) is 3.99. The van der Waals surface area contributed by atoms with Gasteiger partial charge in [-0.1, -0.05) is 13.3 Å². The second kappa shape index (κ2) is 5.13. The fourth-order valence-electron chi connectivity index (χ4n) is 2.47. The van der Waals surface area contributed by atoms with Crippen molar-refractivity contribution in [3.8, 4) is 0 Å². The minimum Gasteiger partial charge on any atom is -0.312 e. The highest BCUT2D eigenvalue weighted by atomic mass is 19.1. The Kier molecular flexibility index (Phi) is 3.77. The summed E-state index contributed by atoms with van der Waals surface area (Å²) in [6.07, 6.45) is 4.96. The lowest BCUT2D eigenvalue weighted by Gasteiger charge is -2.41. The van der Waals surface area contributed by atoms with Crippen molar-refractivity contribution < 1.29 is 8.78 Å². The van der Waals surface area contributed by atoms with Crippen LogP contribution in [0.25, 0.3) is 0 Å². The Bertz CT molecular complexity index is 380. The molecule has 0 atom stereocenters. The summed E-state index contributed by atoms with van der Waals surface area (Å²) in [5.41, 5.74) is 0.819. The standard InChI is InChI=1S/C14H19F2N/c1-2-14(6-3-7-14)10-17-9-11-8-12(15)4-5-13(11)16/h4-5,8,17H,2-3,6-7,9-10H2,1H3. The van der Waals surface area contributed by atoms with Crippen molar-refractivity contribution in [3.63, 3.8) is 0 Å². The Morgan fingerprint density at radius 1 is 1.29 bits per heavy atom. The Morgan fingerprint density at radius 2 is 2.06 bits per heavy atom. The highest BCUT2D eigenvalue weighted by Gasteiger charge is 2.34. The molecule has 0 aliphatic heterocycles. The number of nitrogens with one attached hydrogen (secondary N) is 1. The molecular weight excluding hydrogens is 220 g/mol. The fraction of sp³-hybridized carbons (Fsp3) is 0.571. The van der Waals surface area contributed by atoms with Crippen LogP contribution in [0.4, 0.5) is 8.78 Å². The third kappa shape index (κ3) is 2.83. The summed E-state index contributed by atoms with van der Waals surface area (Å²) in [5.74, 6) is -0.713. The van der Waals surface area contributed by atoms with E-state index in [1.165, 1.54) is 31.4 Å². The molecule has 0 heterocycles. The molecule has 0 spiro atoms. The van der Waals surface area contributed by atoms with Crippen LogP contribution in [-0.4, -0.2) is 6.54 Å². The van der Waals surface area contributed by atoms with Gasteiger partial charge in [-0.2, -0.15) is 0 Å². The first-order valence-corrected chi connectivity index (χ1v) is 6.30. The quantitative estimate of drug-likeness (QED) is 0.827. The van der Waals surface area contributed by atoms with Crippen LogP contribution >= 0.6 is 0 Å². The molecule has 0 amide bonds. The van der Waals surface area contributed by atoms with E-state index < -0.39 is 0 Å². The van der Waals surface area contributed by atoms with E-state index in [2.05, 4.69) is 12.2 Å². The lowest BCUT2D eigenvalue weighted by Crippen LogP contribution is -2.39. The van der Waals surface area contributed by atoms with Crippen molar-refractivity contribution in [1.29, 1.82) is 0 Å². The maximum Gasteiger partial charge on any atom is 0.127 e. The minimum atomic E-state index is -0.378. The van der Waals surface area contributed by atoms with Gasteiger partial charge in [0.2, 0.25) is 0 Å². The maximum atomic E-state index is 13.4. The Hall–Kier alpha value is -0.960. The monoisotopic (exact) mass is 239 g/mol. The fourth-order valence-corrected chi connectivity index (χ4v) is 2.47. The first-order valence-electron chi connectivity index (χ1n) is 6.30. The number of hydrogen-bond donors (Lipinski definition) is 1. The molecular formula is C14H19F2N. The van der Waals surface area contributed by atoms with Gasteiger partial charge in [0.05, 0.1) is 0 Å². The van der Waals surface area contributed by atoms with Gasteiger partial charge in [-0.25, -0.2) is 8.78 Å². The van der Waals surface area contributed by atoms with Crippen LogP contribution in [0.15, 0.2) is 18.2 Å². The van der Waals surface area contributed by atoms with Gasteiger partial charge < -0.3 is 5.32 Å². The molecule has 0 unspecified atom stereocenters. The van der Waals surface area contributed by atoms with Crippen LogP contribution in [-0.2, 0) is 6.54 Å². The Labute approximate surface area is 101 Å². The number of halogens is 2. The van der Waals surface area contributed by atoms with E-state index in [1.54, 1.807) is 0 Å². The largest absolute Gasteiger partial charge is 0.312 e. The Morgan fingerprint density at radius 3 is 2.65 bits per heavy atom. The average Bonchev–Trinajstić information content (AvgIpc) is 2.27. The summed E-state index contributed by atoms with van der Waals surface area (Å²) in [6, 6.07) is 3.60. The molecule has 1 N–H and O–H groups in total. The minimum absolute atomic E-state index is 0.335. The van der Waals surface area contributed by atoms with Crippen molar-refractivity contribution in [3.05, 3.63) is 35.4 Å². The van der Waals surface area contributed by atoms with Crippen molar-refractivity contribution in [2.75, 3.05) is 6.54 Å². The van der Waals surface area contributed by atoms with Crippen molar-refractivity contribution in [1.82, 2.24) is 5.32 Å². The zero-order valence-corrected chi connectivity index (χ0v) is 10.2. The van der Waals surface area contributed by atoms with Crippen LogP contribution < -0.4 is 5.32 Å². The normalized spacial score (nSPS) is 17.8. The zero-order chi connectivity index (χ0) is 12.3. The predicted octanol–water partition coefficient (Wildman–Crippen LogP) is 3.63. The van der Waals surface area contributed by atoms with E-state index in [9.17, 15) is 8.78 Å². The molecule has 1 aromatic rings. The van der Waals surface area contributed by atoms with Gasteiger partial charge in [-0.15, -0.1) is 0 Å². The van der Waals surface area contributed by atoms with E-state index in [0.717, 1.165) is 19.0 Å². The SMILES string of the molecule is CCC1(CNCc2cc(F)ccc2F)CCC1. The summed E-state index contributed by atoms with van der Waals surface area (Å²) >= 11 is 0. The molecule has 1 aliphatic rings. The van der Waals surface area contributed by atoms with E-state index in [-0.39, 0.29) is 11.6 Å². The van der Waals surface area contributed by atoms with Crippen molar-refractivity contribution in [2.45, 2.75) is 39.2 Å². The van der Waals surface area contributed by atoms with Gasteiger partial charge in [-0.3, -0.25) is 0 Å². The van der Waals surface area contributed by atoms with Crippen molar-refractivity contribution >= 4 is 0 Å². The molecule has 0 aromatic heterocycles. The smallest absolute Gasteiger partial charge is 0.127 e. The van der Waals surface area contributed by atoms with Gasteiger partial charge in [-0.05, 0) is 42.9 Å². The number of rotatable bonds is 5. The molecule has 0 bridgehead atoms. The highest BCUT2D eigenvalue weighted by molar-refractivity contribution is 5.18. The molecule has 0 saturated heterocycles. The molecule has 1 saturated carbocycles. The Balaban J connectivity index is 1.87. The van der Waals surface area contributed by atoms with Crippen LogP contribution in [0.3, 0.4) is 0 Å². The molecule has 1 aromatic carbocycles. The summed E-state index contributed by atoms with van der Waals surface area (Å²) in [4.78, 5) is 0. The molecule has 0 radical (unpaired) electrons. The summed E-state index contributed by atoms with van der Waals surface area (Å²) < 4.78 is 26.3. The van der Waals surface area contributed by atoms with Crippen LogP contribution in [0, 0.1) is 17.0 Å². The van der Waals surface area contributed by atoms with Crippen LogP contribution in [0.2, 0.25) is 0 Å². The second-order valence-electron chi connectivity index (χ2n) is 5.05. The molecule has 3 heteroatoms. The van der Waals surface area contributed by atoms with E-state index in [1.807, 2.05) is 0 Å². The molecule has 17 heavy (non-hydrogen) atoms. The van der Waals surface area contributed by atoms with E-state index in [0.29, 0.717) is 17.5 Å². The molecule has 1 fully saturated rings. The lowest BCUT2D eigenvalue weighted by molar-refractivity contribution is 0.123. The molecule has 94 valence electrons. The van der Waals surface area contributed by atoms with Gasteiger partial charge in [0, 0.05) is 18.7 Å². The number of hydrogen-bond acceptors (Lipinski definition) is 1. The average molecular weight is 239 g/mol. The summed E-state index contributed by atoms with van der Waals surface area (Å²) in [6.45, 7) is 3.51. The topological polar surface area (TPSA) is 12.0 Å². The molecule has 1 aliphatic carbocycles. The molecule has 2 rings (SSSR count). The summed E-state index contributed by atoms with van der Waals surface area (Å²) in [7, 11) is 0.